The summed E-state index contributed by atoms with van der Waals surface area (Å²) in [6.45, 7) is 2.60. The number of rotatable bonds is 8. The minimum Gasteiger partial charge on any atom is -0.444 e. The molecule has 0 aromatic rings. The van der Waals surface area contributed by atoms with Crippen molar-refractivity contribution in [3.63, 3.8) is 0 Å². The quantitative estimate of drug-likeness (QED) is 0.480. The molecule has 2 nitrogen and oxygen atoms in total. The lowest BCUT2D eigenvalue weighted by atomic mass is 10.1. The molecule has 0 aliphatic carbocycles. The van der Waals surface area contributed by atoms with Crippen LogP contribution in [0, 0.1) is 12.0 Å². The van der Waals surface area contributed by atoms with Crippen LogP contribution in [0.2, 0.25) is 0 Å². The molecule has 0 aromatic carbocycles. The standard InChI is InChI=1S/C12H22O2/c1-2-3-4-5-6-7-8-9-11-14-12-10-13/h13H,2-8,10,12H2,1H3. The maximum Gasteiger partial charge on any atom is 0.123 e. The Morgan fingerprint density at radius 2 is 1.79 bits per heavy atom. The lowest BCUT2D eigenvalue weighted by Gasteiger charge is -1.96. The third-order valence-corrected chi connectivity index (χ3v) is 1.99. The highest BCUT2D eigenvalue weighted by atomic mass is 16.5. The molecule has 0 rings (SSSR count). The van der Waals surface area contributed by atoms with E-state index in [9.17, 15) is 0 Å². The molecular weight excluding hydrogens is 176 g/mol. The van der Waals surface area contributed by atoms with E-state index in [-0.39, 0.29) is 6.61 Å². The van der Waals surface area contributed by atoms with Crippen molar-refractivity contribution in [1.29, 1.82) is 0 Å². The van der Waals surface area contributed by atoms with E-state index in [0.29, 0.717) is 6.61 Å². The van der Waals surface area contributed by atoms with E-state index in [1.165, 1.54) is 38.5 Å². The zero-order chi connectivity index (χ0) is 10.5. The average Bonchev–Trinajstić information content (AvgIpc) is 2.21. The Morgan fingerprint density at radius 1 is 1.07 bits per heavy atom. The Morgan fingerprint density at radius 3 is 2.50 bits per heavy atom. The van der Waals surface area contributed by atoms with Crippen LogP contribution in [0.25, 0.3) is 0 Å². The molecule has 0 unspecified atom stereocenters. The Labute approximate surface area is 87.7 Å². The lowest BCUT2D eigenvalue weighted by molar-refractivity contribution is 0.180. The molecular formula is C12H22O2. The molecule has 82 valence electrons. The number of aliphatic hydroxyl groups is 1. The van der Waals surface area contributed by atoms with Gasteiger partial charge in [-0.3, -0.25) is 0 Å². The van der Waals surface area contributed by atoms with E-state index in [1.807, 2.05) is 0 Å². The first kappa shape index (κ1) is 13.3. The van der Waals surface area contributed by atoms with Crippen molar-refractivity contribution < 1.29 is 9.84 Å². The van der Waals surface area contributed by atoms with Gasteiger partial charge in [0.25, 0.3) is 0 Å². The summed E-state index contributed by atoms with van der Waals surface area (Å²) in [5, 5.41) is 8.40. The summed E-state index contributed by atoms with van der Waals surface area (Å²) in [5.74, 6) is 2.93. The summed E-state index contributed by atoms with van der Waals surface area (Å²) in [5.41, 5.74) is 0. The largest absolute Gasteiger partial charge is 0.444 e. The zero-order valence-electron chi connectivity index (χ0n) is 9.22. The molecule has 1 N–H and O–H groups in total. The van der Waals surface area contributed by atoms with Crippen LogP contribution in [0.3, 0.4) is 0 Å². The van der Waals surface area contributed by atoms with Gasteiger partial charge in [-0.1, -0.05) is 44.9 Å². The van der Waals surface area contributed by atoms with Crippen LogP contribution in [0.4, 0.5) is 0 Å². The predicted octanol–water partition coefficient (Wildman–Crippen LogP) is 2.71. The van der Waals surface area contributed by atoms with E-state index in [4.69, 9.17) is 9.84 Å². The highest BCUT2D eigenvalue weighted by Gasteiger charge is 1.87. The molecule has 0 aliphatic rings. The Balaban J connectivity index is 2.99. The first-order valence-corrected chi connectivity index (χ1v) is 5.62. The SMILES string of the molecule is CCCCCCCCC#COCCO. The second-order valence-corrected chi connectivity index (χ2v) is 3.37. The van der Waals surface area contributed by atoms with Crippen LogP contribution in [0.15, 0.2) is 0 Å². The molecule has 0 aliphatic heterocycles. The molecule has 2 heteroatoms. The molecule has 0 fully saturated rings. The molecule has 0 bridgehead atoms. The Hall–Kier alpha value is -0.680. The van der Waals surface area contributed by atoms with Crippen LogP contribution in [0.5, 0.6) is 0 Å². The third-order valence-electron chi connectivity index (χ3n) is 1.99. The van der Waals surface area contributed by atoms with Gasteiger partial charge in [-0.2, -0.15) is 0 Å². The van der Waals surface area contributed by atoms with Gasteiger partial charge in [0.05, 0.1) is 6.61 Å². The zero-order valence-corrected chi connectivity index (χ0v) is 9.22. The second-order valence-electron chi connectivity index (χ2n) is 3.37. The minimum atomic E-state index is 0.0473. The van der Waals surface area contributed by atoms with Crippen LogP contribution in [-0.4, -0.2) is 18.3 Å². The van der Waals surface area contributed by atoms with Gasteiger partial charge in [0.2, 0.25) is 0 Å². The fraction of sp³-hybridized carbons (Fsp3) is 0.833. The lowest BCUT2D eigenvalue weighted by Crippen LogP contribution is -1.92. The van der Waals surface area contributed by atoms with E-state index in [0.717, 1.165) is 6.42 Å². The van der Waals surface area contributed by atoms with Crippen molar-refractivity contribution in [3.8, 4) is 12.0 Å². The molecule has 0 atom stereocenters. The second kappa shape index (κ2) is 12.3. The van der Waals surface area contributed by atoms with E-state index >= 15 is 0 Å². The van der Waals surface area contributed by atoms with Gasteiger partial charge in [-0.15, -0.1) is 0 Å². The number of ether oxygens (including phenoxy) is 1. The minimum absolute atomic E-state index is 0.0473. The topological polar surface area (TPSA) is 29.5 Å². The number of aliphatic hydroxyl groups excluding tert-OH is 1. The molecule has 0 heterocycles. The maximum absolute atomic E-state index is 8.40. The molecule has 0 radical (unpaired) electrons. The van der Waals surface area contributed by atoms with Crippen molar-refractivity contribution in [2.45, 2.75) is 51.9 Å². The van der Waals surface area contributed by atoms with Gasteiger partial charge >= 0.3 is 0 Å². The smallest absolute Gasteiger partial charge is 0.123 e. The molecule has 0 saturated carbocycles. The summed E-state index contributed by atoms with van der Waals surface area (Å²) < 4.78 is 4.82. The van der Waals surface area contributed by atoms with Gasteiger partial charge in [0, 0.05) is 6.42 Å². The van der Waals surface area contributed by atoms with Gasteiger partial charge in [-0.25, -0.2) is 0 Å². The third kappa shape index (κ3) is 11.3. The van der Waals surface area contributed by atoms with Gasteiger partial charge in [0.1, 0.15) is 12.7 Å². The molecule has 0 aromatic heterocycles. The summed E-state index contributed by atoms with van der Waals surface area (Å²) in [4.78, 5) is 0. The fourth-order valence-corrected chi connectivity index (χ4v) is 1.19. The predicted molar refractivity (Wildman–Crippen MR) is 58.8 cm³/mol. The Kier molecular flexibility index (Phi) is 11.7. The van der Waals surface area contributed by atoms with E-state index in [2.05, 4.69) is 19.0 Å². The normalized spacial score (nSPS) is 9.29. The molecule has 0 spiro atoms. The van der Waals surface area contributed by atoms with Crippen molar-refractivity contribution >= 4 is 0 Å². The fourth-order valence-electron chi connectivity index (χ4n) is 1.19. The van der Waals surface area contributed by atoms with Crippen molar-refractivity contribution in [2.24, 2.45) is 0 Å². The maximum atomic E-state index is 8.40. The first-order valence-electron chi connectivity index (χ1n) is 5.62. The highest BCUT2D eigenvalue weighted by molar-refractivity contribution is 4.90. The van der Waals surface area contributed by atoms with Crippen molar-refractivity contribution in [1.82, 2.24) is 0 Å². The first-order chi connectivity index (χ1) is 6.91. The summed E-state index contributed by atoms with van der Waals surface area (Å²) in [7, 11) is 0. The number of unbranched alkanes of at least 4 members (excludes halogenated alkanes) is 6. The number of hydrogen-bond acceptors (Lipinski definition) is 2. The summed E-state index contributed by atoms with van der Waals surface area (Å²) in [6.07, 6.45) is 11.3. The van der Waals surface area contributed by atoms with Crippen molar-refractivity contribution in [3.05, 3.63) is 0 Å². The summed E-state index contributed by atoms with van der Waals surface area (Å²) in [6, 6.07) is 0. The molecule has 0 saturated heterocycles. The van der Waals surface area contributed by atoms with Crippen LogP contribution < -0.4 is 0 Å². The van der Waals surface area contributed by atoms with Crippen molar-refractivity contribution in [2.75, 3.05) is 13.2 Å². The monoisotopic (exact) mass is 198 g/mol. The highest BCUT2D eigenvalue weighted by Crippen LogP contribution is 2.05. The van der Waals surface area contributed by atoms with Crippen LogP contribution >= 0.6 is 0 Å². The molecule has 0 amide bonds. The molecule has 14 heavy (non-hydrogen) atoms. The Bertz CT molecular complexity index is 155. The van der Waals surface area contributed by atoms with E-state index < -0.39 is 0 Å². The van der Waals surface area contributed by atoms with Crippen LogP contribution in [0.1, 0.15) is 51.9 Å². The van der Waals surface area contributed by atoms with Gasteiger partial charge < -0.3 is 9.84 Å². The van der Waals surface area contributed by atoms with Gasteiger partial charge in [-0.05, 0) is 6.42 Å². The van der Waals surface area contributed by atoms with Crippen LogP contribution in [-0.2, 0) is 4.74 Å². The van der Waals surface area contributed by atoms with Gasteiger partial charge in [0.15, 0.2) is 0 Å². The number of hydrogen-bond donors (Lipinski definition) is 1. The van der Waals surface area contributed by atoms with E-state index in [1.54, 1.807) is 0 Å². The average molecular weight is 198 g/mol. The summed E-state index contributed by atoms with van der Waals surface area (Å²) >= 11 is 0.